The van der Waals surface area contributed by atoms with E-state index in [1.807, 2.05) is 0 Å². The molecule has 0 atom stereocenters. The quantitative estimate of drug-likeness (QED) is 0.138. The van der Waals surface area contributed by atoms with Gasteiger partial charge in [0.05, 0.1) is 11.1 Å². The zero-order chi connectivity index (χ0) is 42.5. The fourth-order valence-electron chi connectivity index (χ4n) is 10.7. The lowest BCUT2D eigenvalue weighted by atomic mass is 9.67. The van der Waals surface area contributed by atoms with Gasteiger partial charge in [0.25, 0.3) is 0 Å². The first-order valence-corrected chi connectivity index (χ1v) is 22.2. The van der Waals surface area contributed by atoms with Crippen LogP contribution in [0.3, 0.4) is 0 Å². The molecule has 0 heterocycles. The maximum Gasteiger partial charge on any atom is 0.0714 e. The molecule has 12 rings (SSSR count). The second kappa shape index (κ2) is 15.6. The Morgan fingerprint density at radius 2 is 0.750 bits per heavy atom. The number of rotatable bonds is 8. The van der Waals surface area contributed by atoms with Gasteiger partial charge in [-0.05, 0) is 119 Å². The Labute approximate surface area is 374 Å². The van der Waals surface area contributed by atoms with E-state index in [-0.39, 0.29) is 0 Å². The molecule has 0 amide bonds. The summed E-state index contributed by atoms with van der Waals surface area (Å²) in [5.74, 6) is 0. The Bertz CT molecular complexity index is 3430. The zero-order valence-electron chi connectivity index (χ0n) is 35.3. The van der Waals surface area contributed by atoms with Gasteiger partial charge in [0.1, 0.15) is 0 Å². The van der Waals surface area contributed by atoms with E-state index in [0.717, 1.165) is 28.2 Å². The third-order valence-electron chi connectivity index (χ3n) is 13.3. The van der Waals surface area contributed by atoms with Crippen molar-refractivity contribution >= 4 is 38.6 Å². The normalized spacial score (nSPS) is 12.5. The predicted molar refractivity (Wildman–Crippen MR) is 270 cm³/mol. The van der Waals surface area contributed by atoms with Crippen molar-refractivity contribution in [3.05, 3.63) is 283 Å². The number of anilines is 3. The molecule has 1 aliphatic rings. The molecule has 0 N–H and O–H groups in total. The average molecular weight is 814 g/mol. The Morgan fingerprint density at radius 1 is 0.266 bits per heavy atom. The van der Waals surface area contributed by atoms with Crippen molar-refractivity contribution in [3.63, 3.8) is 0 Å². The second-order valence-electron chi connectivity index (χ2n) is 16.7. The van der Waals surface area contributed by atoms with Crippen LogP contribution in [0, 0.1) is 0 Å². The molecule has 0 bridgehead atoms. The zero-order valence-corrected chi connectivity index (χ0v) is 35.3. The number of nitrogens with zero attached hydrogens (tertiary/aromatic N) is 1. The molecule has 300 valence electrons. The lowest BCUT2D eigenvalue weighted by molar-refractivity contribution is 0.768. The van der Waals surface area contributed by atoms with Crippen molar-refractivity contribution in [2.24, 2.45) is 0 Å². The number of para-hydroxylation sites is 2. The van der Waals surface area contributed by atoms with E-state index in [4.69, 9.17) is 0 Å². The molecule has 1 heteroatoms. The van der Waals surface area contributed by atoms with Crippen LogP contribution in [0.5, 0.6) is 0 Å². The fourth-order valence-corrected chi connectivity index (χ4v) is 10.7. The van der Waals surface area contributed by atoms with E-state index in [2.05, 4.69) is 266 Å². The van der Waals surface area contributed by atoms with E-state index >= 15 is 0 Å². The first kappa shape index (κ1) is 37.5. The van der Waals surface area contributed by atoms with Gasteiger partial charge in [0, 0.05) is 16.9 Å². The van der Waals surface area contributed by atoms with Gasteiger partial charge in [-0.15, -0.1) is 0 Å². The molecule has 0 fully saturated rings. The molecular formula is C63H43N. The molecular weight excluding hydrogens is 771 g/mol. The molecule has 11 aromatic rings. The Morgan fingerprint density at radius 3 is 1.41 bits per heavy atom. The molecule has 0 aliphatic heterocycles. The summed E-state index contributed by atoms with van der Waals surface area (Å²) in [6, 6.07) is 95.8. The lowest BCUT2D eigenvalue weighted by Crippen LogP contribution is -2.28. The van der Waals surface area contributed by atoms with Gasteiger partial charge >= 0.3 is 0 Å². The van der Waals surface area contributed by atoms with Crippen molar-refractivity contribution in [2.75, 3.05) is 4.90 Å². The summed E-state index contributed by atoms with van der Waals surface area (Å²) in [4.78, 5) is 2.46. The van der Waals surface area contributed by atoms with Crippen molar-refractivity contribution < 1.29 is 0 Å². The van der Waals surface area contributed by atoms with Crippen LogP contribution in [0.1, 0.15) is 22.3 Å². The predicted octanol–water partition coefficient (Wildman–Crippen LogP) is 16.8. The maximum atomic E-state index is 2.46. The van der Waals surface area contributed by atoms with E-state index in [1.165, 1.54) is 77.2 Å². The molecule has 0 radical (unpaired) electrons. The Hall–Kier alpha value is -8.26. The topological polar surface area (TPSA) is 3.24 Å². The molecule has 0 aromatic heterocycles. The van der Waals surface area contributed by atoms with Gasteiger partial charge in [-0.25, -0.2) is 0 Å². The summed E-state index contributed by atoms with van der Waals surface area (Å²) < 4.78 is 0. The van der Waals surface area contributed by atoms with E-state index in [9.17, 15) is 0 Å². The number of hydrogen-bond donors (Lipinski definition) is 0. The fraction of sp³-hybridized carbons (Fsp3) is 0.0159. The minimum absolute atomic E-state index is 0.516. The van der Waals surface area contributed by atoms with Crippen LogP contribution in [0.2, 0.25) is 0 Å². The highest BCUT2D eigenvalue weighted by Crippen LogP contribution is 2.57. The van der Waals surface area contributed by atoms with E-state index in [1.54, 1.807) is 0 Å². The number of fused-ring (bicyclic) bond motifs is 6. The first-order chi connectivity index (χ1) is 31.8. The van der Waals surface area contributed by atoms with Crippen LogP contribution in [0.4, 0.5) is 17.1 Å². The van der Waals surface area contributed by atoms with Crippen molar-refractivity contribution in [1.82, 2.24) is 0 Å². The van der Waals surface area contributed by atoms with Crippen LogP contribution in [0.15, 0.2) is 261 Å². The van der Waals surface area contributed by atoms with Gasteiger partial charge in [0.15, 0.2) is 0 Å². The summed E-state index contributed by atoms with van der Waals surface area (Å²) in [5, 5.41) is 4.98. The van der Waals surface area contributed by atoms with Crippen LogP contribution < -0.4 is 4.90 Å². The molecule has 0 unspecified atom stereocenters. The van der Waals surface area contributed by atoms with Crippen molar-refractivity contribution in [2.45, 2.75) is 5.41 Å². The Balaban J connectivity index is 1.11. The molecule has 0 spiro atoms. The largest absolute Gasteiger partial charge is 0.310 e. The lowest BCUT2D eigenvalue weighted by Gasteiger charge is -2.35. The highest BCUT2D eigenvalue weighted by Gasteiger charge is 2.46. The highest BCUT2D eigenvalue weighted by atomic mass is 15.1. The summed E-state index contributed by atoms with van der Waals surface area (Å²) in [7, 11) is 0. The number of benzene rings is 11. The van der Waals surface area contributed by atoms with Crippen LogP contribution in [-0.2, 0) is 5.41 Å². The van der Waals surface area contributed by atoms with Crippen LogP contribution in [-0.4, -0.2) is 0 Å². The van der Waals surface area contributed by atoms with Gasteiger partial charge < -0.3 is 4.90 Å². The van der Waals surface area contributed by atoms with Gasteiger partial charge in [-0.2, -0.15) is 0 Å². The third kappa shape index (κ3) is 5.93. The van der Waals surface area contributed by atoms with Crippen LogP contribution in [0.25, 0.3) is 66.1 Å². The molecule has 11 aromatic carbocycles. The summed E-state index contributed by atoms with van der Waals surface area (Å²) in [6.45, 7) is 0. The van der Waals surface area contributed by atoms with Gasteiger partial charge in [0.2, 0.25) is 0 Å². The van der Waals surface area contributed by atoms with Crippen LogP contribution >= 0.6 is 0 Å². The van der Waals surface area contributed by atoms with Crippen molar-refractivity contribution in [3.8, 4) is 44.5 Å². The van der Waals surface area contributed by atoms with E-state index < -0.39 is 5.41 Å². The monoisotopic (exact) mass is 813 g/mol. The number of hydrogen-bond acceptors (Lipinski definition) is 1. The molecule has 1 aliphatic carbocycles. The first-order valence-electron chi connectivity index (χ1n) is 22.2. The van der Waals surface area contributed by atoms with Gasteiger partial charge in [-0.3, -0.25) is 0 Å². The Kier molecular flexibility index (Phi) is 9.13. The summed E-state index contributed by atoms with van der Waals surface area (Å²) in [6.07, 6.45) is 0. The molecule has 0 saturated heterocycles. The summed E-state index contributed by atoms with van der Waals surface area (Å²) >= 11 is 0. The molecule has 0 saturated carbocycles. The highest BCUT2D eigenvalue weighted by molar-refractivity contribution is 6.22. The SMILES string of the molecule is c1ccc(-c2c(-c3ccccc3)c3cc(-c4ccccc4N(c4ccccc4)c4ccc5c(c4)C(c4ccccc4)(c4ccccc4)c4ccccc4-5)ccc3c3ccccc23)cc1. The smallest absolute Gasteiger partial charge is 0.0714 e. The average Bonchev–Trinajstić information content (AvgIpc) is 3.68. The minimum Gasteiger partial charge on any atom is -0.310 e. The molecule has 64 heavy (non-hydrogen) atoms. The third-order valence-corrected chi connectivity index (χ3v) is 13.3. The van der Waals surface area contributed by atoms with Gasteiger partial charge in [-0.1, -0.05) is 224 Å². The maximum absolute atomic E-state index is 2.46. The standard InChI is InChI=1S/C63H43N/c1-6-22-44(23-7-1)61-56-35-17-16-33-52(56)53-40-38-46(42-57(53)62(61)45-24-8-2-9-25-45)51-32-19-21-37-60(51)64(49-30-14-5-15-31-49)50-39-41-55-54-34-18-20-36-58(54)63(59(55)43-50,47-26-10-3-11-27-47)48-28-12-4-13-29-48/h1-43H. The summed E-state index contributed by atoms with van der Waals surface area (Å²) in [5.41, 5.74) is 17.6. The second-order valence-corrected chi connectivity index (χ2v) is 16.7. The van der Waals surface area contributed by atoms with E-state index in [0.29, 0.717) is 0 Å². The minimum atomic E-state index is -0.516. The molecule has 1 nitrogen and oxygen atoms in total. The van der Waals surface area contributed by atoms with Crippen molar-refractivity contribution in [1.29, 1.82) is 0 Å².